The van der Waals surface area contributed by atoms with Crippen LogP contribution in [0.5, 0.6) is 5.75 Å². The zero-order valence-electron chi connectivity index (χ0n) is 8.13. The lowest BCUT2D eigenvalue weighted by Gasteiger charge is -2.03. The molecule has 1 aromatic heterocycles. The Morgan fingerprint density at radius 2 is 1.80 bits per heavy atom. The van der Waals surface area contributed by atoms with Crippen molar-refractivity contribution in [1.29, 1.82) is 0 Å². The average Bonchev–Trinajstić information content (AvgIpc) is 2.29. The monoisotopic (exact) mass is 217 g/mol. The molecule has 1 heterocycles. The van der Waals surface area contributed by atoms with Crippen LogP contribution < -0.4 is 0 Å². The summed E-state index contributed by atoms with van der Waals surface area (Å²) in [6.07, 6.45) is 3.56. The van der Waals surface area contributed by atoms with Gasteiger partial charge >= 0.3 is 0 Å². The van der Waals surface area contributed by atoms with E-state index in [0.29, 0.717) is 5.75 Å². The number of benzene rings is 1. The van der Waals surface area contributed by atoms with Gasteiger partial charge in [-0.3, -0.25) is 4.98 Å². The Balaban J connectivity index is 2.03. The second-order valence-corrected chi connectivity index (χ2v) is 4.13. The van der Waals surface area contributed by atoms with Gasteiger partial charge in [-0.15, -0.1) is 11.8 Å². The van der Waals surface area contributed by atoms with Gasteiger partial charge in [-0.2, -0.15) is 0 Å². The number of phenols is 1. The molecule has 0 unspecified atom stereocenters. The summed E-state index contributed by atoms with van der Waals surface area (Å²) in [5.74, 6) is 1.19. The fourth-order valence-corrected chi connectivity index (χ4v) is 2.12. The van der Waals surface area contributed by atoms with Gasteiger partial charge in [0.2, 0.25) is 0 Å². The number of phenolic OH excluding ortho intramolecular Hbond substituents is 1. The molecule has 0 fully saturated rings. The van der Waals surface area contributed by atoms with Crippen molar-refractivity contribution >= 4 is 11.8 Å². The number of para-hydroxylation sites is 1. The molecule has 0 amide bonds. The van der Waals surface area contributed by atoms with E-state index in [9.17, 15) is 5.11 Å². The quantitative estimate of drug-likeness (QED) is 0.802. The first kappa shape index (κ1) is 10.1. The first-order valence-corrected chi connectivity index (χ1v) is 5.64. The van der Waals surface area contributed by atoms with Crippen LogP contribution in [0, 0.1) is 0 Å². The lowest BCUT2D eigenvalue weighted by atomic mass is 10.3. The summed E-state index contributed by atoms with van der Waals surface area (Å²) in [7, 11) is 0. The van der Waals surface area contributed by atoms with Gasteiger partial charge < -0.3 is 5.11 Å². The highest BCUT2D eigenvalue weighted by Crippen LogP contribution is 2.29. The Labute approximate surface area is 93.0 Å². The lowest BCUT2D eigenvalue weighted by Crippen LogP contribution is -1.81. The number of thioether (sulfide) groups is 1. The largest absolute Gasteiger partial charge is 0.507 e. The van der Waals surface area contributed by atoms with E-state index in [1.807, 2.05) is 30.3 Å². The third-order valence-electron chi connectivity index (χ3n) is 2.01. The summed E-state index contributed by atoms with van der Waals surface area (Å²) in [5, 5.41) is 9.56. The third kappa shape index (κ3) is 2.73. The van der Waals surface area contributed by atoms with Crippen LogP contribution in [0.25, 0.3) is 0 Å². The summed E-state index contributed by atoms with van der Waals surface area (Å²) in [4.78, 5) is 4.87. The van der Waals surface area contributed by atoms with E-state index in [2.05, 4.69) is 4.98 Å². The van der Waals surface area contributed by atoms with Gasteiger partial charge in [-0.25, -0.2) is 0 Å². The molecule has 0 bridgehead atoms. The molecule has 2 rings (SSSR count). The average molecular weight is 217 g/mol. The molecule has 0 aliphatic rings. The molecule has 0 saturated carbocycles. The molecule has 0 aliphatic carbocycles. The summed E-state index contributed by atoms with van der Waals surface area (Å²) >= 11 is 1.62. The normalized spacial score (nSPS) is 10.1. The highest BCUT2D eigenvalue weighted by atomic mass is 32.2. The maximum atomic E-state index is 9.56. The zero-order chi connectivity index (χ0) is 10.5. The van der Waals surface area contributed by atoms with Gasteiger partial charge in [0.15, 0.2) is 0 Å². The third-order valence-corrected chi connectivity index (χ3v) is 3.14. The number of hydrogen-bond acceptors (Lipinski definition) is 3. The Morgan fingerprint density at radius 3 is 2.53 bits per heavy atom. The van der Waals surface area contributed by atoms with Gasteiger partial charge in [-0.1, -0.05) is 12.1 Å². The standard InChI is InChI=1S/C12H11NOS/c14-11-3-1-2-4-12(11)15-9-10-5-7-13-8-6-10/h1-8,14H,9H2. The molecule has 76 valence electrons. The number of rotatable bonds is 3. The molecule has 1 aromatic carbocycles. The molecule has 0 radical (unpaired) electrons. The number of pyridine rings is 1. The van der Waals surface area contributed by atoms with Gasteiger partial charge in [0.05, 0.1) is 0 Å². The number of aromatic hydroxyl groups is 1. The first-order chi connectivity index (χ1) is 7.36. The van der Waals surface area contributed by atoms with Crippen molar-refractivity contribution in [2.24, 2.45) is 0 Å². The van der Waals surface area contributed by atoms with Gasteiger partial charge in [0.1, 0.15) is 5.75 Å². The number of aromatic nitrogens is 1. The Bertz CT molecular complexity index is 431. The Hall–Kier alpha value is -1.48. The fraction of sp³-hybridized carbons (Fsp3) is 0.0833. The van der Waals surface area contributed by atoms with Crippen LogP contribution in [-0.4, -0.2) is 10.1 Å². The van der Waals surface area contributed by atoms with Crippen molar-refractivity contribution in [2.75, 3.05) is 0 Å². The molecular formula is C12H11NOS. The van der Waals surface area contributed by atoms with Crippen molar-refractivity contribution in [1.82, 2.24) is 4.98 Å². The van der Waals surface area contributed by atoms with Crippen molar-refractivity contribution in [2.45, 2.75) is 10.6 Å². The zero-order valence-corrected chi connectivity index (χ0v) is 8.95. The van der Waals surface area contributed by atoms with Gasteiger partial charge in [-0.05, 0) is 29.8 Å². The lowest BCUT2D eigenvalue weighted by molar-refractivity contribution is 0.462. The van der Waals surface area contributed by atoms with Crippen molar-refractivity contribution in [3.05, 3.63) is 54.4 Å². The van der Waals surface area contributed by atoms with E-state index in [1.165, 1.54) is 5.56 Å². The second-order valence-electron chi connectivity index (χ2n) is 3.11. The number of nitrogens with zero attached hydrogens (tertiary/aromatic N) is 1. The number of hydrogen-bond donors (Lipinski definition) is 1. The van der Waals surface area contributed by atoms with Crippen LogP contribution in [0.4, 0.5) is 0 Å². The smallest absolute Gasteiger partial charge is 0.129 e. The van der Waals surface area contributed by atoms with Crippen LogP contribution in [-0.2, 0) is 5.75 Å². The van der Waals surface area contributed by atoms with E-state index in [4.69, 9.17) is 0 Å². The van der Waals surface area contributed by atoms with E-state index in [0.717, 1.165) is 10.6 Å². The molecular weight excluding hydrogens is 206 g/mol. The first-order valence-electron chi connectivity index (χ1n) is 4.66. The fourth-order valence-electron chi connectivity index (χ4n) is 1.22. The van der Waals surface area contributed by atoms with Gasteiger partial charge in [0, 0.05) is 23.0 Å². The second kappa shape index (κ2) is 4.84. The van der Waals surface area contributed by atoms with Crippen molar-refractivity contribution in [3.63, 3.8) is 0 Å². The highest BCUT2D eigenvalue weighted by Gasteiger charge is 2.00. The Kier molecular flexibility index (Phi) is 3.25. The SMILES string of the molecule is Oc1ccccc1SCc1ccncc1. The molecule has 1 N–H and O–H groups in total. The van der Waals surface area contributed by atoms with Crippen molar-refractivity contribution in [3.8, 4) is 5.75 Å². The van der Waals surface area contributed by atoms with Crippen LogP contribution in [0.1, 0.15) is 5.56 Å². The molecule has 0 spiro atoms. The minimum Gasteiger partial charge on any atom is -0.507 e. The minimum absolute atomic E-state index is 0.344. The molecule has 2 aromatic rings. The van der Waals surface area contributed by atoms with E-state index < -0.39 is 0 Å². The van der Waals surface area contributed by atoms with Crippen LogP contribution >= 0.6 is 11.8 Å². The summed E-state index contributed by atoms with van der Waals surface area (Å²) in [6, 6.07) is 11.3. The van der Waals surface area contributed by atoms with E-state index in [-0.39, 0.29) is 0 Å². The van der Waals surface area contributed by atoms with Crippen LogP contribution in [0.15, 0.2) is 53.7 Å². The van der Waals surface area contributed by atoms with Crippen LogP contribution in [0.3, 0.4) is 0 Å². The van der Waals surface area contributed by atoms with E-state index in [1.54, 1.807) is 30.2 Å². The van der Waals surface area contributed by atoms with Crippen LogP contribution in [0.2, 0.25) is 0 Å². The van der Waals surface area contributed by atoms with Gasteiger partial charge in [0.25, 0.3) is 0 Å². The molecule has 0 aliphatic heterocycles. The topological polar surface area (TPSA) is 33.1 Å². The molecule has 2 nitrogen and oxygen atoms in total. The van der Waals surface area contributed by atoms with E-state index >= 15 is 0 Å². The molecule has 0 saturated heterocycles. The predicted octanol–water partition coefficient (Wildman–Crippen LogP) is 3.08. The Morgan fingerprint density at radius 1 is 1.07 bits per heavy atom. The maximum Gasteiger partial charge on any atom is 0.129 e. The maximum absolute atomic E-state index is 9.56. The molecule has 0 atom stereocenters. The molecule has 3 heteroatoms. The molecule has 15 heavy (non-hydrogen) atoms. The van der Waals surface area contributed by atoms with Crippen molar-refractivity contribution < 1.29 is 5.11 Å². The summed E-state index contributed by atoms with van der Waals surface area (Å²) in [5.41, 5.74) is 1.21. The highest BCUT2D eigenvalue weighted by molar-refractivity contribution is 7.98. The predicted molar refractivity (Wildman–Crippen MR) is 61.9 cm³/mol. The summed E-state index contributed by atoms with van der Waals surface area (Å²) < 4.78 is 0. The summed E-state index contributed by atoms with van der Waals surface area (Å²) in [6.45, 7) is 0. The minimum atomic E-state index is 0.344.